The van der Waals surface area contributed by atoms with E-state index in [9.17, 15) is 14.4 Å². The molecule has 1 aliphatic rings. The van der Waals surface area contributed by atoms with E-state index in [4.69, 9.17) is 0 Å². The van der Waals surface area contributed by atoms with Gasteiger partial charge < -0.3 is 10.2 Å². The summed E-state index contributed by atoms with van der Waals surface area (Å²) in [4.78, 5) is 40.7. The smallest absolute Gasteiger partial charge is 0.253 e. The predicted octanol–water partition coefficient (Wildman–Crippen LogP) is 6.61. The van der Waals surface area contributed by atoms with Crippen molar-refractivity contribution >= 4 is 17.6 Å². The van der Waals surface area contributed by atoms with Crippen LogP contribution >= 0.6 is 0 Å². The van der Waals surface area contributed by atoms with Gasteiger partial charge in [0, 0.05) is 24.2 Å². The first-order valence-electron chi connectivity index (χ1n) is 13.8. The van der Waals surface area contributed by atoms with Gasteiger partial charge >= 0.3 is 0 Å². The van der Waals surface area contributed by atoms with Gasteiger partial charge in [-0.2, -0.15) is 0 Å². The highest BCUT2D eigenvalue weighted by atomic mass is 16.2. The molecule has 0 aliphatic carbocycles. The van der Waals surface area contributed by atoms with Crippen molar-refractivity contribution in [2.75, 3.05) is 13.1 Å². The summed E-state index contributed by atoms with van der Waals surface area (Å²) in [7, 11) is 0. The Morgan fingerprint density at radius 2 is 1.20 bits per heavy atom. The number of likely N-dealkylation sites (tertiary alicyclic amines) is 1. The van der Waals surface area contributed by atoms with Gasteiger partial charge in [0.2, 0.25) is 5.91 Å². The molecule has 5 heteroatoms. The van der Waals surface area contributed by atoms with Crippen LogP contribution in [0.25, 0.3) is 11.1 Å². The maximum Gasteiger partial charge on any atom is 0.253 e. The van der Waals surface area contributed by atoms with Gasteiger partial charge in [-0.05, 0) is 61.1 Å². The Kier molecular flexibility index (Phi) is 7.92. The molecule has 0 spiro atoms. The lowest BCUT2D eigenvalue weighted by molar-refractivity contribution is -0.129. The number of carbonyl (C=O) groups excluding carboxylic acids is 3. The summed E-state index contributed by atoms with van der Waals surface area (Å²) in [6, 6.07) is 34.8. The molecule has 4 aromatic carbocycles. The number of nitrogens with zero attached hydrogens (tertiary/aromatic N) is 1. The molecule has 5 rings (SSSR count). The maximum atomic E-state index is 13.8. The minimum absolute atomic E-state index is 0.00213. The summed E-state index contributed by atoms with van der Waals surface area (Å²) in [6.07, 6.45) is 1.10. The molecule has 5 nitrogen and oxygen atoms in total. The van der Waals surface area contributed by atoms with Gasteiger partial charge in [-0.1, -0.05) is 97.1 Å². The highest BCUT2D eigenvalue weighted by Crippen LogP contribution is 2.37. The molecule has 40 heavy (non-hydrogen) atoms. The molecule has 1 saturated heterocycles. The highest BCUT2D eigenvalue weighted by Gasteiger charge is 2.44. The molecule has 0 radical (unpaired) electrons. The Hall–Kier alpha value is -4.51. The highest BCUT2D eigenvalue weighted by molar-refractivity contribution is 5.96. The van der Waals surface area contributed by atoms with Crippen LogP contribution in [0.15, 0.2) is 109 Å². The van der Waals surface area contributed by atoms with E-state index in [1.54, 1.807) is 6.92 Å². The van der Waals surface area contributed by atoms with Gasteiger partial charge in [0.15, 0.2) is 5.78 Å². The number of benzene rings is 4. The van der Waals surface area contributed by atoms with Crippen LogP contribution in [0.1, 0.15) is 64.6 Å². The lowest BCUT2D eigenvalue weighted by atomic mass is 9.71. The first kappa shape index (κ1) is 27.1. The second kappa shape index (κ2) is 11.7. The van der Waals surface area contributed by atoms with Crippen molar-refractivity contribution in [3.63, 3.8) is 0 Å². The number of Topliss-reactive ketones (excluding diaryl/α,β-unsaturated/α-hetero) is 1. The fourth-order valence-electron chi connectivity index (χ4n) is 5.54. The summed E-state index contributed by atoms with van der Waals surface area (Å²) in [6.45, 7) is 4.55. The van der Waals surface area contributed by atoms with Gasteiger partial charge in [0.25, 0.3) is 5.91 Å². The number of amides is 2. The molecule has 1 atom stereocenters. The molecule has 1 aliphatic heterocycles. The second-order valence-electron chi connectivity index (χ2n) is 10.6. The SMILES string of the molecule is CC(=O)c1ccc(-c2ccc(C(=O)N3CCC(C(=O)N[C@@H](C)c4ccccc4)(c4ccccc4)CC3)cc2)cc1. The van der Waals surface area contributed by atoms with Crippen LogP contribution < -0.4 is 5.32 Å². The van der Waals surface area contributed by atoms with E-state index in [0.717, 1.165) is 22.3 Å². The van der Waals surface area contributed by atoms with E-state index in [0.29, 0.717) is 37.1 Å². The van der Waals surface area contributed by atoms with Gasteiger partial charge in [-0.15, -0.1) is 0 Å². The molecule has 2 amide bonds. The molecule has 202 valence electrons. The normalized spacial score (nSPS) is 15.2. The van der Waals surface area contributed by atoms with Crippen LogP contribution in [0.3, 0.4) is 0 Å². The van der Waals surface area contributed by atoms with E-state index in [-0.39, 0.29) is 23.6 Å². The lowest BCUT2D eigenvalue weighted by Crippen LogP contribution is -2.53. The molecule has 0 saturated carbocycles. The average Bonchev–Trinajstić information content (AvgIpc) is 3.01. The molecule has 4 aromatic rings. The second-order valence-corrected chi connectivity index (χ2v) is 10.6. The van der Waals surface area contributed by atoms with Crippen molar-refractivity contribution in [2.45, 2.75) is 38.1 Å². The molecule has 1 heterocycles. The molecular formula is C35H34N2O3. The average molecular weight is 531 g/mol. The van der Waals surface area contributed by atoms with Crippen molar-refractivity contribution in [1.82, 2.24) is 10.2 Å². The van der Waals surface area contributed by atoms with Crippen LogP contribution in [0, 0.1) is 0 Å². The largest absolute Gasteiger partial charge is 0.349 e. The Morgan fingerprint density at radius 3 is 1.73 bits per heavy atom. The van der Waals surface area contributed by atoms with Crippen molar-refractivity contribution in [3.8, 4) is 11.1 Å². The Labute approximate surface area is 235 Å². The van der Waals surface area contributed by atoms with Gasteiger partial charge in [-0.25, -0.2) is 0 Å². The molecule has 0 unspecified atom stereocenters. The van der Waals surface area contributed by atoms with Crippen molar-refractivity contribution in [1.29, 1.82) is 0 Å². The molecule has 0 aromatic heterocycles. The topological polar surface area (TPSA) is 66.5 Å². The van der Waals surface area contributed by atoms with Crippen LogP contribution in [0.2, 0.25) is 0 Å². The third-order valence-corrected chi connectivity index (χ3v) is 8.07. The van der Waals surface area contributed by atoms with E-state index < -0.39 is 5.41 Å². The number of hydrogen-bond donors (Lipinski definition) is 1. The zero-order valence-corrected chi connectivity index (χ0v) is 23.0. The number of ketones is 1. The standard InChI is InChI=1S/C35H34N2O3/c1-25(27-9-5-3-6-10-27)36-34(40)35(32-11-7-4-8-12-32)21-23-37(24-22-35)33(39)31-19-17-30(18-20-31)29-15-13-28(14-16-29)26(2)38/h3-20,25H,21-24H2,1-2H3,(H,36,40)/t25-/m0/s1. The summed E-state index contributed by atoms with van der Waals surface area (Å²) >= 11 is 0. The van der Waals surface area contributed by atoms with Crippen LogP contribution in [0.5, 0.6) is 0 Å². The maximum absolute atomic E-state index is 13.8. The van der Waals surface area contributed by atoms with Crippen molar-refractivity contribution in [2.24, 2.45) is 0 Å². The van der Waals surface area contributed by atoms with Crippen molar-refractivity contribution < 1.29 is 14.4 Å². The van der Waals surface area contributed by atoms with E-state index in [1.165, 1.54) is 0 Å². The van der Waals surface area contributed by atoms with Crippen molar-refractivity contribution in [3.05, 3.63) is 131 Å². The number of nitrogens with one attached hydrogen (secondary N) is 1. The van der Waals surface area contributed by atoms with Gasteiger partial charge in [0.1, 0.15) is 0 Å². The first-order valence-corrected chi connectivity index (χ1v) is 13.8. The zero-order chi connectivity index (χ0) is 28.1. The monoisotopic (exact) mass is 530 g/mol. The fourth-order valence-corrected chi connectivity index (χ4v) is 5.54. The summed E-state index contributed by atoms with van der Waals surface area (Å²) in [5.74, 6) is 0.00833. The van der Waals surface area contributed by atoms with Gasteiger partial charge in [-0.3, -0.25) is 14.4 Å². The summed E-state index contributed by atoms with van der Waals surface area (Å²) in [5, 5.41) is 3.25. The molecule has 1 fully saturated rings. The summed E-state index contributed by atoms with van der Waals surface area (Å²) < 4.78 is 0. The fraction of sp³-hybridized carbons (Fsp3) is 0.229. The number of carbonyl (C=O) groups is 3. The van der Waals surface area contributed by atoms with E-state index in [1.807, 2.05) is 121 Å². The summed E-state index contributed by atoms with van der Waals surface area (Å²) in [5.41, 5.74) is 4.62. The number of hydrogen-bond acceptors (Lipinski definition) is 3. The minimum atomic E-state index is -0.697. The Balaban J connectivity index is 1.30. The molecular weight excluding hydrogens is 496 g/mol. The Bertz CT molecular complexity index is 1470. The van der Waals surface area contributed by atoms with Gasteiger partial charge in [0.05, 0.1) is 11.5 Å². The van der Waals surface area contributed by atoms with Crippen LogP contribution in [-0.2, 0) is 10.2 Å². The Morgan fingerprint density at radius 1 is 0.700 bits per heavy atom. The minimum Gasteiger partial charge on any atom is -0.349 e. The predicted molar refractivity (Wildman–Crippen MR) is 158 cm³/mol. The van der Waals surface area contributed by atoms with Crippen LogP contribution in [-0.4, -0.2) is 35.6 Å². The van der Waals surface area contributed by atoms with Crippen LogP contribution in [0.4, 0.5) is 0 Å². The quantitative estimate of drug-likeness (QED) is 0.274. The third kappa shape index (κ3) is 5.59. The van der Waals surface area contributed by atoms with E-state index >= 15 is 0 Å². The zero-order valence-electron chi connectivity index (χ0n) is 23.0. The van der Waals surface area contributed by atoms with E-state index in [2.05, 4.69) is 5.32 Å². The third-order valence-electron chi connectivity index (χ3n) is 8.07. The first-order chi connectivity index (χ1) is 19.4. The molecule has 1 N–H and O–H groups in total. The number of rotatable bonds is 7. The molecule has 0 bridgehead atoms. The lowest BCUT2D eigenvalue weighted by Gasteiger charge is -2.41. The number of piperidine rings is 1.